The third-order valence-corrected chi connectivity index (χ3v) is 15.8. The van der Waals surface area contributed by atoms with Gasteiger partial charge in [-0.2, -0.15) is 0 Å². The second-order valence-corrected chi connectivity index (χ2v) is 22.8. The lowest BCUT2D eigenvalue weighted by Crippen LogP contribution is -2.49. The van der Waals surface area contributed by atoms with Crippen molar-refractivity contribution in [3.8, 4) is 44.7 Å². The number of halogens is 3. The summed E-state index contributed by atoms with van der Waals surface area (Å²) in [7, 11) is 5.37. The molecular formula is C60H76Cl2FN7O12S. The Kier molecular flexibility index (Phi) is 23.7. The number of carbonyl (C=O) groups is 1. The summed E-state index contributed by atoms with van der Waals surface area (Å²) < 4.78 is 81.1. The first-order valence-corrected chi connectivity index (χ1v) is 29.4. The summed E-state index contributed by atoms with van der Waals surface area (Å²) >= 11 is 16.3. The molecule has 83 heavy (non-hydrogen) atoms. The van der Waals surface area contributed by atoms with Crippen molar-refractivity contribution in [2.75, 3.05) is 145 Å². The van der Waals surface area contributed by atoms with Gasteiger partial charge in [0, 0.05) is 88.7 Å². The van der Waals surface area contributed by atoms with Gasteiger partial charge in [-0.15, -0.1) is 11.3 Å². The van der Waals surface area contributed by atoms with Crippen LogP contribution in [0.25, 0.3) is 31.8 Å². The first kappa shape index (κ1) is 63.5. The molecule has 9 rings (SSSR count). The third-order valence-electron chi connectivity index (χ3n) is 13.7. The fourth-order valence-electron chi connectivity index (χ4n) is 9.43. The number of hydrogen-bond acceptors (Lipinski definition) is 20. The minimum Gasteiger partial charge on any atom is -0.490 e. The van der Waals surface area contributed by atoms with Crippen molar-refractivity contribution in [1.29, 1.82) is 0 Å². The Bertz CT molecular complexity index is 3010. The van der Waals surface area contributed by atoms with Crippen LogP contribution < -0.4 is 23.8 Å². The number of piperazine rings is 1. The predicted octanol–water partition coefficient (Wildman–Crippen LogP) is 9.34. The molecule has 450 valence electrons. The van der Waals surface area contributed by atoms with Crippen LogP contribution in [0.15, 0.2) is 61.1 Å². The molecular weight excluding hydrogens is 1130 g/mol. The summed E-state index contributed by atoms with van der Waals surface area (Å²) in [5.41, 5.74) is 3.61. The molecule has 1 fully saturated rings. The van der Waals surface area contributed by atoms with Crippen LogP contribution in [0.4, 0.5) is 10.3 Å². The minimum atomic E-state index is -1.30. The summed E-state index contributed by atoms with van der Waals surface area (Å²) in [5, 5.41) is 1.11. The summed E-state index contributed by atoms with van der Waals surface area (Å²) in [6.45, 7) is 18.7. The number of anilines is 1. The van der Waals surface area contributed by atoms with Gasteiger partial charge in [0.15, 0.2) is 5.75 Å². The predicted molar refractivity (Wildman–Crippen MR) is 318 cm³/mol. The highest BCUT2D eigenvalue weighted by Crippen LogP contribution is 2.53. The summed E-state index contributed by atoms with van der Waals surface area (Å²) in [4.78, 5) is 41.7. The molecule has 6 heterocycles. The lowest BCUT2D eigenvalue weighted by atomic mass is 9.92. The van der Waals surface area contributed by atoms with E-state index in [4.69, 9.17) is 90.3 Å². The number of hydrogen-bond donors (Lipinski definition) is 0. The zero-order valence-corrected chi connectivity index (χ0v) is 51.0. The topological polar surface area (TPSA) is 180 Å². The van der Waals surface area contributed by atoms with Crippen molar-refractivity contribution in [2.45, 2.75) is 65.5 Å². The molecule has 2 atom stereocenters. The Morgan fingerprint density at radius 2 is 1.43 bits per heavy atom. The molecule has 3 aliphatic heterocycles. The van der Waals surface area contributed by atoms with E-state index in [0.29, 0.717) is 168 Å². The van der Waals surface area contributed by atoms with Gasteiger partial charge >= 0.3 is 5.97 Å². The van der Waals surface area contributed by atoms with Gasteiger partial charge in [-0.05, 0) is 100 Å². The molecule has 0 saturated carbocycles. The van der Waals surface area contributed by atoms with E-state index in [9.17, 15) is 9.18 Å². The standard InChI is InChI=1S/C60H76Cl2FN7O12S/c1-39-49-40(2)53(62)54(52(39)61)80-46(35-69-19-17-68(6)18-20-69)37-78-45-13-14-47(79-36-44-15-16-64-59(67-44)70(21-23-74-29-31-76-27-25-72-7)22-24-75-30-32-77-28-26-73-8)42(33-45)34-48(58(71)82-60(3,4)5)81-56-51-50(49)55(83-57(51)66-38-65-56)41-9-11-43(63)12-10-41/h9-16,33,38,46,48H,17-32,34-37H2,1-8H3/t46-,48-/m1/s1. The molecule has 3 aliphatic rings. The van der Waals surface area contributed by atoms with Crippen LogP contribution in [0, 0.1) is 19.7 Å². The fourth-order valence-corrected chi connectivity index (χ4v) is 11.1. The Balaban J connectivity index is 1.16. The summed E-state index contributed by atoms with van der Waals surface area (Å²) in [6.07, 6.45) is 1.17. The van der Waals surface area contributed by atoms with Crippen molar-refractivity contribution < 1.29 is 61.3 Å². The highest BCUT2D eigenvalue weighted by molar-refractivity contribution is 7.22. The molecule has 0 unspecified atom stereocenters. The van der Waals surface area contributed by atoms with Crippen LogP contribution in [0.5, 0.6) is 23.1 Å². The molecule has 19 nitrogen and oxygen atoms in total. The lowest BCUT2D eigenvalue weighted by molar-refractivity contribution is -0.163. The Morgan fingerprint density at radius 3 is 2.07 bits per heavy atom. The van der Waals surface area contributed by atoms with Crippen molar-refractivity contribution in [2.24, 2.45) is 0 Å². The number of aromatic nitrogens is 4. The van der Waals surface area contributed by atoms with Crippen molar-refractivity contribution in [3.05, 3.63) is 99.3 Å². The summed E-state index contributed by atoms with van der Waals surface area (Å²) in [6, 6.07) is 13.5. The number of methoxy groups -OCH3 is 2. The quantitative estimate of drug-likeness (QED) is 0.0370. The van der Waals surface area contributed by atoms with Crippen LogP contribution in [0.1, 0.15) is 43.2 Å². The van der Waals surface area contributed by atoms with Crippen molar-refractivity contribution in [3.63, 3.8) is 0 Å². The van der Waals surface area contributed by atoms with Crippen molar-refractivity contribution in [1.82, 2.24) is 29.7 Å². The van der Waals surface area contributed by atoms with Crippen LogP contribution in [0.2, 0.25) is 10.0 Å². The third kappa shape index (κ3) is 17.8. The first-order valence-electron chi connectivity index (χ1n) is 27.8. The first-order chi connectivity index (χ1) is 40.1. The van der Waals surface area contributed by atoms with Gasteiger partial charge in [0.2, 0.25) is 17.9 Å². The number of nitrogens with zero attached hydrogens (tertiary/aromatic N) is 7. The molecule has 3 aromatic carbocycles. The van der Waals surface area contributed by atoms with Gasteiger partial charge in [0.25, 0.3) is 0 Å². The number of esters is 1. The number of benzene rings is 3. The monoisotopic (exact) mass is 1210 g/mol. The van der Waals surface area contributed by atoms with E-state index in [2.05, 4.69) is 21.8 Å². The molecule has 6 aromatic rings. The van der Waals surface area contributed by atoms with Crippen LogP contribution in [-0.4, -0.2) is 193 Å². The van der Waals surface area contributed by atoms with E-state index in [1.54, 1.807) is 65.5 Å². The Hall–Kier alpha value is -5.56. The van der Waals surface area contributed by atoms with Crippen molar-refractivity contribution >= 4 is 56.7 Å². The SMILES string of the molecule is COCCOCCOCCN(CCOCCOCCOC)c1nccc(COc2ccc3cc2C[C@H](C(=O)OC(C)(C)C)Oc2ncnc4sc(-c5ccc(F)cc5)c(c24)-c2c(C)c(Cl)c(c(Cl)c2C)O[C@H](CN2CCN(C)CC2)CO3)n1. The highest BCUT2D eigenvalue weighted by Gasteiger charge is 2.34. The maximum atomic E-state index is 14.7. The molecule has 0 aliphatic carbocycles. The second kappa shape index (κ2) is 31.0. The average Bonchev–Trinajstić information content (AvgIpc) is 2.37. The molecule has 0 radical (unpaired) electrons. The number of likely N-dealkylation sites (N-methyl/N-ethyl adjacent to an activating group) is 1. The molecule has 3 aromatic heterocycles. The number of carbonyl (C=O) groups excluding carboxylic acids is 1. The number of thiophene rings is 1. The van der Waals surface area contributed by atoms with E-state index >= 15 is 0 Å². The normalized spacial score (nSPS) is 16.1. The maximum absolute atomic E-state index is 14.7. The van der Waals surface area contributed by atoms with E-state index < -0.39 is 29.6 Å². The van der Waals surface area contributed by atoms with E-state index in [0.717, 1.165) is 31.1 Å². The van der Waals surface area contributed by atoms with Gasteiger partial charge < -0.3 is 61.9 Å². The molecule has 0 amide bonds. The zero-order chi connectivity index (χ0) is 58.9. The van der Waals surface area contributed by atoms with Crippen LogP contribution >= 0.6 is 34.5 Å². The fraction of sp³-hybridized carbons (Fsp3) is 0.517. The molecule has 0 N–H and O–H groups in total. The molecule has 4 bridgehead atoms. The van der Waals surface area contributed by atoms with Gasteiger partial charge in [-0.3, -0.25) is 4.90 Å². The zero-order valence-electron chi connectivity index (χ0n) is 48.6. The summed E-state index contributed by atoms with van der Waals surface area (Å²) in [5.74, 6) is 0.749. The van der Waals surface area contributed by atoms with E-state index in [1.807, 2.05) is 30.9 Å². The Morgan fingerprint density at radius 1 is 0.795 bits per heavy atom. The van der Waals surface area contributed by atoms with Gasteiger partial charge in [-0.1, -0.05) is 35.3 Å². The molecule has 23 heteroatoms. The van der Waals surface area contributed by atoms with Crippen LogP contribution in [-0.2, 0) is 51.0 Å². The van der Waals surface area contributed by atoms with Crippen LogP contribution in [0.3, 0.4) is 0 Å². The van der Waals surface area contributed by atoms with Gasteiger partial charge in [-0.25, -0.2) is 29.1 Å². The smallest absolute Gasteiger partial charge is 0.348 e. The molecule has 1 saturated heterocycles. The number of fused-ring (bicyclic) bond motifs is 7. The molecule has 0 spiro atoms. The van der Waals surface area contributed by atoms with E-state index in [-0.39, 0.29) is 25.5 Å². The van der Waals surface area contributed by atoms with E-state index in [1.165, 1.54) is 29.8 Å². The van der Waals surface area contributed by atoms with Gasteiger partial charge in [0.05, 0.1) is 87.2 Å². The average molecular weight is 1210 g/mol. The number of rotatable bonds is 26. The maximum Gasteiger partial charge on any atom is 0.348 e. The minimum absolute atomic E-state index is 0.0223. The lowest BCUT2D eigenvalue weighted by Gasteiger charge is -2.35. The Labute approximate surface area is 499 Å². The largest absolute Gasteiger partial charge is 0.490 e. The second-order valence-electron chi connectivity index (χ2n) is 21.1. The van der Waals surface area contributed by atoms with Gasteiger partial charge in [0.1, 0.15) is 53.4 Å². The highest BCUT2D eigenvalue weighted by atomic mass is 35.5. The number of ether oxygens (including phenoxy) is 11.